The summed E-state index contributed by atoms with van der Waals surface area (Å²) in [5.41, 5.74) is 0.881. The Labute approximate surface area is 149 Å². The summed E-state index contributed by atoms with van der Waals surface area (Å²) < 4.78 is 10.7. The van der Waals surface area contributed by atoms with Crippen LogP contribution in [0.5, 0.6) is 5.75 Å². The Morgan fingerprint density at radius 2 is 2.00 bits per heavy atom. The van der Waals surface area contributed by atoms with Crippen LogP contribution in [0.4, 0.5) is 11.4 Å². The van der Waals surface area contributed by atoms with Crippen LogP contribution in [0.25, 0.3) is 0 Å². The smallest absolute Gasteiger partial charge is 0.339 e. The van der Waals surface area contributed by atoms with E-state index in [-0.39, 0.29) is 18.9 Å². The SMILES string of the molecule is CC1(C(=O)Nc2ccc3c(c2)NC(=O)CO3)Cc2ccccc2C(=O)O1. The molecule has 1 unspecified atom stereocenters. The molecule has 2 heterocycles. The van der Waals surface area contributed by atoms with E-state index in [1.165, 1.54) is 0 Å². The van der Waals surface area contributed by atoms with Crippen molar-refractivity contribution in [2.24, 2.45) is 0 Å². The van der Waals surface area contributed by atoms with Gasteiger partial charge in [-0.1, -0.05) is 18.2 Å². The zero-order valence-electron chi connectivity index (χ0n) is 14.0. The van der Waals surface area contributed by atoms with Gasteiger partial charge in [-0.05, 0) is 36.8 Å². The molecule has 0 bridgehead atoms. The van der Waals surface area contributed by atoms with Gasteiger partial charge < -0.3 is 20.1 Å². The van der Waals surface area contributed by atoms with Gasteiger partial charge in [-0.15, -0.1) is 0 Å². The molecule has 7 nitrogen and oxygen atoms in total. The zero-order valence-corrected chi connectivity index (χ0v) is 14.0. The van der Waals surface area contributed by atoms with Crippen LogP contribution >= 0.6 is 0 Å². The molecule has 2 aromatic carbocycles. The molecule has 0 saturated heterocycles. The molecule has 2 N–H and O–H groups in total. The molecule has 2 aromatic rings. The van der Waals surface area contributed by atoms with E-state index in [0.717, 1.165) is 5.56 Å². The maximum atomic E-state index is 12.8. The van der Waals surface area contributed by atoms with Gasteiger partial charge in [0.2, 0.25) is 0 Å². The number of fused-ring (bicyclic) bond motifs is 2. The second kappa shape index (κ2) is 5.87. The largest absolute Gasteiger partial charge is 0.482 e. The highest BCUT2D eigenvalue weighted by Gasteiger charge is 2.42. The Bertz CT molecular complexity index is 939. The number of cyclic esters (lactones) is 1. The number of ether oxygens (including phenoxy) is 2. The minimum atomic E-state index is -1.32. The van der Waals surface area contributed by atoms with Gasteiger partial charge in [0, 0.05) is 12.1 Å². The molecule has 7 heteroatoms. The fraction of sp³-hybridized carbons (Fsp3) is 0.211. The molecule has 2 aliphatic rings. The monoisotopic (exact) mass is 352 g/mol. The van der Waals surface area contributed by atoms with E-state index < -0.39 is 17.5 Å². The van der Waals surface area contributed by atoms with E-state index in [1.54, 1.807) is 37.3 Å². The lowest BCUT2D eigenvalue weighted by atomic mass is 9.89. The number of nitrogens with one attached hydrogen (secondary N) is 2. The molecule has 0 fully saturated rings. The van der Waals surface area contributed by atoms with Crippen molar-refractivity contribution in [1.29, 1.82) is 0 Å². The molecular weight excluding hydrogens is 336 g/mol. The Morgan fingerprint density at radius 1 is 1.19 bits per heavy atom. The van der Waals surface area contributed by atoms with Gasteiger partial charge in [-0.3, -0.25) is 9.59 Å². The first-order chi connectivity index (χ1) is 12.4. The van der Waals surface area contributed by atoms with Crippen LogP contribution in [0.2, 0.25) is 0 Å². The van der Waals surface area contributed by atoms with E-state index >= 15 is 0 Å². The molecule has 0 radical (unpaired) electrons. The highest BCUT2D eigenvalue weighted by Crippen LogP contribution is 2.32. The molecule has 0 aromatic heterocycles. The number of hydrogen-bond acceptors (Lipinski definition) is 5. The highest BCUT2D eigenvalue weighted by atomic mass is 16.6. The van der Waals surface area contributed by atoms with Gasteiger partial charge in [-0.25, -0.2) is 4.79 Å². The molecule has 1 atom stereocenters. The number of carbonyl (C=O) groups is 3. The summed E-state index contributed by atoms with van der Waals surface area (Å²) in [6, 6.07) is 12.0. The Balaban J connectivity index is 1.56. The second-order valence-electron chi connectivity index (χ2n) is 6.46. The molecule has 26 heavy (non-hydrogen) atoms. The molecular formula is C19H16N2O5. The fourth-order valence-corrected chi connectivity index (χ4v) is 3.08. The van der Waals surface area contributed by atoms with Crippen LogP contribution in [0.15, 0.2) is 42.5 Å². The molecule has 4 rings (SSSR count). The summed E-state index contributed by atoms with van der Waals surface area (Å²) in [7, 11) is 0. The standard InChI is InChI=1S/C19H16N2O5/c1-19(9-11-4-2-3-5-13(11)17(23)26-19)18(24)20-12-6-7-15-14(8-12)21-16(22)10-25-15/h2-8H,9-10H2,1H3,(H,20,24)(H,21,22). The maximum Gasteiger partial charge on any atom is 0.339 e. The predicted molar refractivity (Wildman–Crippen MR) is 93.2 cm³/mol. The molecule has 2 amide bonds. The quantitative estimate of drug-likeness (QED) is 0.808. The van der Waals surface area contributed by atoms with E-state index in [1.807, 2.05) is 12.1 Å². The number of anilines is 2. The number of hydrogen-bond donors (Lipinski definition) is 2. The highest BCUT2D eigenvalue weighted by molar-refractivity contribution is 6.03. The Kier molecular flexibility index (Phi) is 3.64. The van der Waals surface area contributed by atoms with Crippen LogP contribution in [-0.2, 0) is 20.7 Å². The summed E-state index contributed by atoms with van der Waals surface area (Å²) in [4.78, 5) is 36.4. The fourth-order valence-electron chi connectivity index (χ4n) is 3.08. The summed E-state index contributed by atoms with van der Waals surface area (Å²) in [5, 5.41) is 5.43. The first-order valence-electron chi connectivity index (χ1n) is 8.14. The topological polar surface area (TPSA) is 93.7 Å². The first kappa shape index (κ1) is 16.1. The third-order valence-electron chi connectivity index (χ3n) is 4.43. The van der Waals surface area contributed by atoms with Gasteiger partial charge >= 0.3 is 5.97 Å². The molecule has 132 valence electrons. The van der Waals surface area contributed by atoms with Crippen molar-refractivity contribution >= 4 is 29.2 Å². The Morgan fingerprint density at radius 3 is 2.85 bits per heavy atom. The van der Waals surface area contributed by atoms with E-state index in [4.69, 9.17) is 9.47 Å². The Hall–Kier alpha value is -3.35. The van der Waals surface area contributed by atoms with Gasteiger partial charge in [0.25, 0.3) is 11.8 Å². The third kappa shape index (κ3) is 2.77. The molecule has 0 saturated carbocycles. The minimum absolute atomic E-state index is 0.0356. The average molecular weight is 352 g/mol. The molecule has 0 spiro atoms. The number of rotatable bonds is 2. The molecule has 2 aliphatic heterocycles. The lowest BCUT2D eigenvalue weighted by Gasteiger charge is -2.33. The number of amides is 2. The van der Waals surface area contributed by atoms with Crippen LogP contribution < -0.4 is 15.4 Å². The lowest BCUT2D eigenvalue weighted by Crippen LogP contribution is -2.48. The van der Waals surface area contributed by atoms with Crippen molar-refractivity contribution in [3.63, 3.8) is 0 Å². The maximum absolute atomic E-state index is 12.8. The van der Waals surface area contributed by atoms with Gasteiger partial charge in [0.1, 0.15) is 5.75 Å². The van der Waals surface area contributed by atoms with Crippen LogP contribution in [0.3, 0.4) is 0 Å². The lowest BCUT2D eigenvalue weighted by molar-refractivity contribution is -0.134. The van der Waals surface area contributed by atoms with Crippen molar-refractivity contribution in [3.05, 3.63) is 53.6 Å². The summed E-state index contributed by atoms with van der Waals surface area (Å²) in [6.07, 6.45) is 0.283. The van der Waals surface area contributed by atoms with E-state index in [0.29, 0.717) is 22.7 Å². The van der Waals surface area contributed by atoms with E-state index in [9.17, 15) is 14.4 Å². The third-order valence-corrected chi connectivity index (χ3v) is 4.43. The molecule has 0 aliphatic carbocycles. The second-order valence-corrected chi connectivity index (χ2v) is 6.46. The average Bonchev–Trinajstić information content (AvgIpc) is 2.61. The van der Waals surface area contributed by atoms with E-state index in [2.05, 4.69) is 10.6 Å². The number of carbonyl (C=O) groups excluding carboxylic acids is 3. The first-order valence-corrected chi connectivity index (χ1v) is 8.14. The van der Waals surface area contributed by atoms with Crippen molar-refractivity contribution in [1.82, 2.24) is 0 Å². The van der Waals surface area contributed by atoms with Gasteiger partial charge in [0.15, 0.2) is 12.2 Å². The van der Waals surface area contributed by atoms with Crippen LogP contribution in [0, 0.1) is 0 Å². The van der Waals surface area contributed by atoms with Gasteiger partial charge in [-0.2, -0.15) is 0 Å². The van der Waals surface area contributed by atoms with Crippen molar-refractivity contribution < 1.29 is 23.9 Å². The normalized spacial score (nSPS) is 20.8. The summed E-state index contributed by atoms with van der Waals surface area (Å²) in [6.45, 7) is 1.55. The number of benzene rings is 2. The van der Waals surface area contributed by atoms with Crippen molar-refractivity contribution in [2.75, 3.05) is 17.2 Å². The summed E-state index contributed by atoms with van der Waals surface area (Å²) >= 11 is 0. The zero-order chi connectivity index (χ0) is 18.3. The van der Waals surface area contributed by atoms with Crippen LogP contribution in [0.1, 0.15) is 22.8 Å². The summed E-state index contributed by atoms with van der Waals surface area (Å²) in [5.74, 6) is -0.684. The van der Waals surface area contributed by atoms with Crippen molar-refractivity contribution in [3.8, 4) is 5.75 Å². The predicted octanol–water partition coefficient (Wildman–Crippen LogP) is 2.13. The number of esters is 1. The van der Waals surface area contributed by atoms with Crippen molar-refractivity contribution in [2.45, 2.75) is 18.9 Å². The minimum Gasteiger partial charge on any atom is -0.482 e. The van der Waals surface area contributed by atoms with Gasteiger partial charge in [0.05, 0.1) is 11.3 Å². The van der Waals surface area contributed by atoms with Crippen LogP contribution in [-0.4, -0.2) is 30.0 Å².